The molecular formula is C20H31N7O4. The number of rotatable bonds is 5. The lowest BCUT2D eigenvalue weighted by Crippen LogP contribution is -2.49. The molecule has 0 saturated carbocycles. The number of hydrogen-bond acceptors (Lipinski definition) is 10. The summed E-state index contributed by atoms with van der Waals surface area (Å²) in [6.07, 6.45) is 1.52. The van der Waals surface area contributed by atoms with Crippen molar-refractivity contribution >= 4 is 17.5 Å². The fourth-order valence-corrected chi connectivity index (χ4v) is 3.60. The van der Waals surface area contributed by atoms with Crippen LogP contribution in [0.2, 0.25) is 0 Å². The van der Waals surface area contributed by atoms with E-state index in [-0.39, 0.29) is 18.1 Å². The molecule has 4 fully saturated rings. The number of carboxylic acid groups (broad SMARTS) is 1. The van der Waals surface area contributed by atoms with Crippen LogP contribution in [-0.4, -0.2) is 127 Å². The largest absolute Gasteiger partial charge is 0.480 e. The average molecular weight is 434 g/mol. The molecule has 0 radical (unpaired) electrons. The Hall–Kier alpha value is -2.47. The maximum Gasteiger partial charge on any atom is 0.319 e. The van der Waals surface area contributed by atoms with Gasteiger partial charge in [0.1, 0.15) is 17.9 Å². The predicted molar refractivity (Wildman–Crippen MR) is 113 cm³/mol. The van der Waals surface area contributed by atoms with E-state index in [9.17, 15) is 14.4 Å². The van der Waals surface area contributed by atoms with Crippen molar-refractivity contribution in [1.29, 1.82) is 0 Å². The summed E-state index contributed by atoms with van der Waals surface area (Å²) in [5, 5.41) is 16.8. The third-order valence-corrected chi connectivity index (χ3v) is 5.49. The maximum absolute atomic E-state index is 12.4. The Bertz CT molecular complexity index is 774. The summed E-state index contributed by atoms with van der Waals surface area (Å²) in [5.74, 6) is -0.755. The van der Waals surface area contributed by atoms with Gasteiger partial charge in [0.15, 0.2) is 0 Å². The van der Waals surface area contributed by atoms with Gasteiger partial charge in [-0.2, -0.15) is 0 Å². The Morgan fingerprint density at radius 3 is 2.00 bits per heavy atom. The zero-order valence-electron chi connectivity index (χ0n) is 17.7. The number of carbonyl (C=O) groups is 3. The van der Waals surface area contributed by atoms with Gasteiger partial charge in [-0.05, 0) is 0 Å². The lowest BCUT2D eigenvalue weighted by atomic mass is 10.0. The highest BCUT2D eigenvalue weighted by Gasteiger charge is 2.43. The number of nitrogens with one attached hydrogen (secondary N) is 3. The first-order valence-corrected chi connectivity index (χ1v) is 11.0. The van der Waals surface area contributed by atoms with Crippen molar-refractivity contribution in [2.24, 2.45) is 0 Å². The number of hydrazine groups is 1. The third kappa shape index (κ3) is 6.03. The van der Waals surface area contributed by atoms with E-state index in [0.717, 1.165) is 72.0 Å². The Morgan fingerprint density at radius 1 is 0.806 bits per heavy atom. The molecule has 5 aliphatic rings. The standard InChI is InChI=1S/C12H13N3O2.C8H18N4O2/c16-9-7-8(13-1-2-13)12(17)11(15-5-6-15)10(9)14-3-4-14;13-8(14)7-12-6-5-10-2-1-9-3-4-11-12/h7H,1-6H2;9-11H,1-7H2,(H,13,14). The van der Waals surface area contributed by atoms with Gasteiger partial charge in [0.25, 0.3) is 0 Å². The van der Waals surface area contributed by atoms with Gasteiger partial charge in [0.2, 0.25) is 11.6 Å². The lowest BCUT2D eigenvalue weighted by Gasteiger charge is -2.23. The molecular weight excluding hydrogens is 402 g/mol. The molecule has 5 rings (SSSR count). The summed E-state index contributed by atoms with van der Waals surface area (Å²) in [4.78, 5) is 41.0. The quantitative estimate of drug-likeness (QED) is 0.267. The zero-order chi connectivity index (χ0) is 21.8. The number of carboxylic acids is 1. The molecule has 4 N–H and O–H groups in total. The van der Waals surface area contributed by atoms with Gasteiger partial charge in [-0.25, -0.2) is 5.01 Å². The summed E-state index contributed by atoms with van der Waals surface area (Å²) in [6, 6.07) is 0. The van der Waals surface area contributed by atoms with Gasteiger partial charge in [-0.3, -0.25) is 19.8 Å². The van der Waals surface area contributed by atoms with Crippen molar-refractivity contribution in [1.82, 2.24) is 35.8 Å². The van der Waals surface area contributed by atoms with Crippen LogP contribution < -0.4 is 16.1 Å². The first-order chi connectivity index (χ1) is 15.0. The van der Waals surface area contributed by atoms with Crippen LogP contribution in [-0.2, 0) is 14.4 Å². The predicted octanol–water partition coefficient (Wildman–Crippen LogP) is -2.75. The van der Waals surface area contributed by atoms with Crippen LogP contribution >= 0.6 is 0 Å². The van der Waals surface area contributed by atoms with Crippen molar-refractivity contribution in [3.63, 3.8) is 0 Å². The number of nitrogens with zero attached hydrogens (tertiary/aromatic N) is 4. The topological polar surface area (TPSA) is 120 Å². The second-order valence-corrected chi connectivity index (χ2v) is 8.10. The summed E-state index contributed by atoms with van der Waals surface area (Å²) < 4.78 is 0. The van der Waals surface area contributed by atoms with Gasteiger partial charge in [0.05, 0.1) is 5.70 Å². The molecule has 0 unspecified atom stereocenters. The van der Waals surface area contributed by atoms with Crippen molar-refractivity contribution in [2.75, 3.05) is 85.1 Å². The molecule has 4 aliphatic heterocycles. The van der Waals surface area contributed by atoms with Gasteiger partial charge in [-0.15, -0.1) is 0 Å². The van der Waals surface area contributed by atoms with Crippen molar-refractivity contribution in [3.8, 4) is 0 Å². The van der Waals surface area contributed by atoms with Gasteiger partial charge < -0.3 is 30.4 Å². The SMILES string of the molecule is O=C(O)CN1CCNCCNCCN1.O=C1C=C(N2CC2)C(=O)C(N2CC2)=C1N1CC1. The van der Waals surface area contributed by atoms with Crippen molar-refractivity contribution in [3.05, 3.63) is 23.2 Å². The number of hydrogen-bond donors (Lipinski definition) is 4. The molecule has 0 spiro atoms. The molecule has 170 valence electrons. The van der Waals surface area contributed by atoms with E-state index in [4.69, 9.17) is 5.11 Å². The first-order valence-electron chi connectivity index (χ1n) is 11.0. The van der Waals surface area contributed by atoms with E-state index in [1.165, 1.54) is 6.08 Å². The van der Waals surface area contributed by atoms with Crippen molar-refractivity contribution in [2.45, 2.75) is 0 Å². The number of ketones is 2. The molecule has 0 aromatic heterocycles. The van der Waals surface area contributed by atoms with Crippen LogP contribution in [0.15, 0.2) is 23.2 Å². The Balaban J connectivity index is 0.000000153. The van der Waals surface area contributed by atoms with Crippen LogP contribution in [0.25, 0.3) is 0 Å². The smallest absolute Gasteiger partial charge is 0.319 e. The molecule has 4 heterocycles. The molecule has 0 bridgehead atoms. The minimum absolute atomic E-state index is 0.00546. The van der Waals surface area contributed by atoms with Gasteiger partial charge in [0, 0.05) is 84.6 Å². The minimum atomic E-state index is -0.803. The fourth-order valence-electron chi connectivity index (χ4n) is 3.60. The molecule has 4 saturated heterocycles. The van der Waals surface area contributed by atoms with Crippen LogP contribution in [0.3, 0.4) is 0 Å². The molecule has 0 atom stereocenters. The third-order valence-electron chi connectivity index (χ3n) is 5.49. The second kappa shape index (κ2) is 9.77. The number of carbonyl (C=O) groups excluding carboxylic acids is 2. The Morgan fingerprint density at radius 2 is 1.39 bits per heavy atom. The minimum Gasteiger partial charge on any atom is -0.480 e. The molecule has 0 aromatic rings. The van der Waals surface area contributed by atoms with E-state index >= 15 is 0 Å². The Labute approximate surface area is 181 Å². The normalized spacial score (nSPS) is 24.4. The molecule has 0 amide bonds. The van der Waals surface area contributed by atoms with E-state index in [1.54, 1.807) is 5.01 Å². The summed E-state index contributed by atoms with van der Waals surface area (Å²) in [5.41, 5.74) is 4.96. The number of allylic oxidation sites excluding steroid dienone is 1. The maximum atomic E-state index is 12.4. The highest BCUT2D eigenvalue weighted by molar-refractivity contribution is 6.22. The molecule has 1 aliphatic carbocycles. The number of aliphatic carboxylic acids is 1. The molecule has 11 heteroatoms. The van der Waals surface area contributed by atoms with Crippen LogP contribution in [0, 0.1) is 0 Å². The highest BCUT2D eigenvalue weighted by atomic mass is 16.4. The summed E-state index contributed by atoms with van der Waals surface area (Å²) >= 11 is 0. The van der Waals surface area contributed by atoms with Crippen molar-refractivity contribution < 1.29 is 19.5 Å². The van der Waals surface area contributed by atoms with E-state index in [1.807, 2.05) is 14.7 Å². The van der Waals surface area contributed by atoms with E-state index in [2.05, 4.69) is 16.1 Å². The fraction of sp³-hybridized carbons (Fsp3) is 0.650. The molecule has 11 nitrogen and oxygen atoms in total. The van der Waals surface area contributed by atoms with Crippen LogP contribution in [0.4, 0.5) is 0 Å². The summed E-state index contributed by atoms with van der Waals surface area (Å²) in [6.45, 7) is 10.5. The molecule has 0 aromatic carbocycles. The van der Waals surface area contributed by atoms with E-state index < -0.39 is 5.97 Å². The second-order valence-electron chi connectivity index (χ2n) is 8.10. The summed E-state index contributed by atoms with van der Waals surface area (Å²) in [7, 11) is 0. The van der Waals surface area contributed by atoms with Crippen LogP contribution in [0.5, 0.6) is 0 Å². The highest BCUT2D eigenvalue weighted by Crippen LogP contribution is 2.33. The first kappa shape index (κ1) is 21.8. The molecule has 31 heavy (non-hydrogen) atoms. The van der Waals surface area contributed by atoms with Gasteiger partial charge in [-0.1, -0.05) is 0 Å². The lowest BCUT2D eigenvalue weighted by molar-refractivity contribution is -0.139. The van der Waals surface area contributed by atoms with Crippen LogP contribution in [0.1, 0.15) is 0 Å². The average Bonchev–Trinajstić information content (AvgIpc) is 3.58. The monoisotopic (exact) mass is 433 g/mol. The number of Topliss-reactive ketones (excluding diaryl/α,β-unsaturated/α-hetero) is 1. The van der Waals surface area contributed by atoms with E-state index in [0.29, 0.717) is 23.6 Å². The zero-order valence-corrected chi connectivity index (χ0v) is 17.7. The van der Waals surface area contributed by atoms with Gasteiger partial charge >= 0.3 is 5.97 Å². The Kier molecular flexibility index (Phi) is 6.86.